The number of nitrogens with one attached hydrogen (secondary N) is 2. The molecule has 1 aromatic carbocycles. The summed E-state index contributed by atoms with van der Waals surface area (Å²) < 4.78 is 25.1. The number of hydrogen-bond donors (Lipinski definition) is 2. The van der Waals surface area contributed by atoms with Crippen molar-refractivity contribution in [2.45, 2.75) is 12.3 Å². The number of amides is 1. The lowest BCUT2D eigenvalue weighted by atomic mass is 10.1. The molecule has 1 aromatic rings. The predicted octanol–water partition coefficient (Wildman–Crippen LogP) is 1.02. The van der Waals surface area contributed by atoms with Crippen LogP contribution in [0.3, 0.4) is 0 Å². The van der Waals surface area contributed by atoms with E-state index in [0.717, 1.165) is 0 Å². The summed E-state index contributed by atoms with van der Waals surface area (Å²) in [6.07, 6.45) is 0. The lowest BCUT2D eigenvalue weighted by Crippen LogP contribution is -2.35. The van der Waals surface area contributed by atoms with Crippen molar-refractivity contribution in [2.75, 3.05) is 18.8 Å². The first-order valence-corrected chi connectivity index (χ1v) is 7.99. The number of benzene rings is 1. The van der Waals surface area contributed by atoms with Crippen LogP contribution in [0.25, 0.3) is 0 Å². The average molecular weight is 305 g/mol. The van der Waals surface area contributed by atoms with E-state index in [4.69, 9.17) is 11.6 Å². The van der Waals surface area contributed by atoms with Crippen LogP contribution in [0.2, 0.25) is 0 Å². The third kappa shape index (κ3) is 5.59. The highest BCUT2D eigenvalue weighted by atomic mass is 35.5. The summed E-state index contributed by atoms with van der Waals surface area (Å²) in [6.45, 7) is 2.06. The number of halogens is 1. The van der Waals surface area contributed by atoms with Crippen molar-refractivity contribution in [2.24, 2.45) is 0 Å². The van der Waals surface area contributed by atoms with Gasteiger partial charge in [-0.05, 0) is 5.56 Å². The van der Waals surface area contributed by atoms with Crippen LogP contribution in [-0.2, 0) is 14.8 Å². The molecule has 0 aliphatic carbocycles. The molecule has 19 heavy (non-hydrogen) atoms. The zero-order valence-electron chi connectivity index (χ0n) is 10.6. The Bertz CT molecular complexity index is 505. The van der Waals surface area contributed by atoms with E-state index in [1.165, 1.54) is 0 Å². The van der Waals surface area contributed by atoms with Gasteiger partial charge in [-0.2, -0.15) is 0 Å². The van der Waals surface area contributed by atoms with Crippen molar-refractivity contribution in [3.63, 3.8) is 0 Å². The molecule has 2 N–H and O–H groups in total. The van der Waals surface area contributed by atoms with Crippen molar-refractivity contribution in [3.8, 4) is 0 Å². The van der Waals surface area contributed by atoms with Gasteiger partial charge < -0.3 is 5.32 Å². The zero-order chi connectivity index (χ0) is 14.3. The normalized spacial score (nSPS) is 12.9. The highest BCUT2D eigenvalue weighted by molar-refractivity contribution is 7.89. The van der Waals surface area contributed by atoms with Gasteiger partial charge in [0.1, 0.15) is 5.38 Å². The zero-order valence-corrected chi connectivity index (χ0v) is 12.2. The van der Waals surface area contributed by atoms with Crippen molar-refractivity contribution < 1.29 is 13.2 Å². The van der Waals surface area contributed by atoms with E-state index in [1.54, 1.807) is 31.2 Å². The number of carbonyl (C=O) groups excluding carboxylic acids is 1. The summed E-state index contributed by atoms with van der Waals surface area (Å²) in [5.41, 5.74) is 0.677. The lowest BCUT2D eigenvalue weighted by Gasteiger charge is -2.11. The number of sulfonamides is 1. The van der Waals surface area contributed by atoms with Gasteiger partial charge in [0.15, 0.2) is 0 Å². The number of rotatable bonds is 7. The summed E-state index contributed by atoms with van der Waals surface area (Å²) in [5.74, 6) is -0.565. The van der Waals surface area contributed by atoms with E-state index in [9.17, 15) is 13.2 Å². The summed E-state index contributed by atoms with van der Waals surface area (Å²) in [4.78, 5) is 11.7. The molecule has 0 bridgehead atoms. The van der Waals surface area contributed by atoms with E-state index in [-0.39, 0.29) is 12.3 Å². The number of carbonyl (C=O) groups is 1. The fourth-order valence-corrected chi connectivity index (χ4v) is 2.64. The van der Waals surface area contributed by atoms with Crippen LogP contribution in [0, 0.1) is 0 Å². The Morgan fingerprint density at radius 3 is 2.53 bits per heavy atom. The molecule has 0 heterocycles. The van der Waals surface area contributed by atoms with Gasteiger partial charge in [-0.15, -0.1) is 11.6 Å². The third-order valence-electron chi connectivity index (χ3n) is 2.36. The predicted molar refractivity (Wildman–Crippen MR) is 75.5 cm³/mol. The first-order valence-electron chi connectivity index (χ1n) is 5.90. The van der Waals surface area contributed by atoms with Gasteiger partial charge in [0, 0.05) is 13.1 Å². The molecule has 0 saturated heterocycles. The fourth-order valence-electron chi connectivity index (χ4n) is 1.46. The average Bonchev–Trinajstić information content (AvgIpc) is 2.38. The number of alkyl halides is 1. The highest BCUT2D eigenvalue weighted by Crippen LogP contribution is 2.19. The Kier molecular flexibility index (Phi) is 6.27. The van der Waals surface area contributed by atoms with Crippen LogP contribution < -0.4 is 10.0 Å². The van der Waals surface area contributed by atoms with Crippen LogP contribution in [0.5, 0.6) is 0 Å². The standard InChI is InChI=1S/C12H17ClN2O3S/c1-2-15-19(17,18)9-8-14-12(16)11(13)10-6-4-3-5-7-10/h3-7,11,15H,2,8-9H2,1H3,(H,14,16). The Labute approximate surface area is 118 Å². The minimum atomic E-state index is -3.33. The first kappa shape index (κ1) is 15.9. The summed E-state index contributed by atoms with van der Waals surface area (Å²) >= 11 is 5.99. The molecular weight excluding hydrogens is 288 g/mol. The fraction of sp³-hybridized carbons (Fsp3) is 0.417. The summed E-state index contributed by atoms with van der Waals surface area (Å²) in [7, 11) is -3.33. The maximum atomic E-state index is 11.7. The molecule has 1 atom stereocenters. The number of hydrogen-bond acceptors (Lipinski definition) is 3. The SMILES string of the molecule is CCNS(=O)(=O)CCNC(=O)C(Cl)c1ccccc1. The molecule has 1 amide bonds. The van der Waals surface area contributed by atoms with Crippen LogP contribution in [0.1, 0.15) is 17.9 Å². The molecule has 0 saturated carbocycles. The minimum absolute atomic E-state index is 0.0320. The summed E-state index contributed by atoms with van der Waals surface area (Å²) in [6, 6.07) is 8.88. The maximum Gasteiger partial charge on any atom is 0.242 e. The second-order valence-electron chi connectivity index (χ2n) is 3.88. The quantitative estimate of drug-likeness (QED) is 0.739. The Morgan fingerprint density at radius 2 is 1.95 bits per heavy atom. The molecule has 5 nitrogen and oxygen atoms in total. The third-order valence-corrected chi connectivity index (χ3v) is 4.28. The molecule has 0 radical (unpaired) electrons. The molecule has 0 spiro atoms. The largest absolute Gasteiger partial charge is 0.353 e. The smallest absolute Gasteiger partial charge is 0.242 e. The van der Waals surface area contributed by atoms with Crippen LogP contribution in [0.15, 0.2) is 30.3 Å². The minimum Gasteiger partial charge on any atom is -0.353 e. The lowest BCUT2D eigenvalue weighted by molar-refractivity contribution is -0.120. The van der Waals surface area contributed by atoms with Gasteiger partial charge in [-0.25, -0.2) is 13.1 Å². The first-order chi connectivity index (χ1) is 8.96. The van der Waals surface area contributed by atoms with Crippen LogP contribution in [0.4, 0.5) is 0 Å². The van der Waals surface area contributed by atoms with Crippen LogP contribution >= 0.6 is 11.6 Å². The van der Waals surface area contributed by atoms with Crippen molar-refractivity contribution in [3.05, 3.63) is 35.9 Å². The van der Waals surface area contributed by atoms with Gasteiger partial charge in [-0.3, -0.25) is 4.79 Å². The monoisotopic (exact) mass is 304 g/mol. The maximum absolute atomic E-state index is 11.7. The molecular formula is C12H17ClN2O3S. The molecule has 106 valence electrons. The van der Waals surface area contributed by atoms with Crippen molar-refractivity contribution >= 4 is 27.5 Å². The second-order valence-corrected chi connectivity index (χ2v) is 6.24. The molecule has 0 aromatic heterocycles. The summed E-state index contributed by atoms with van der Waals surface area (Å²) in [5, 5.41) is 1.69. The second kappa shape index (κ2) is 7.47. The highest BCUT2D eigenvalue weighted by Gasteiger charge is 2.17. The van der Waals surface area contributed by atoms with Gasteiger partial charge in [0.05, 0.1) is 5.75 Å². The van der Waals surface area contributed by atoms with Gasteiger partial charge in [-0.1, -0.05) is 37.3 Å². The van der Waals surface area contributed by atoms with Crippen molar-refractivity contribution in [1.82, 2.24) is 10.0 Å². The van der Waals surface area contributed by atoms with E-state index < -0.39 is 21.3 Å². The molecule has 1 unspecified atom stereocenters. The van der Waals surface area contributed by atoms with E-state index in [1.807, 2.05) is 6.07 Å². The molecule has 7 heteroatoms. The topological polar surface area (TPSA) is 75.3 Å². The molecule has 0 aliphatic heterocycles. The van der Waals surface area contributed by atoms with Crippen molar-refractivity contribution in [1.29, 1.82) is 0 Å². The van der Waals surface area contributed by atoms with Gasteiger partial charge >= 0.3 is 0 Å². The Hall–Kier alpha value is -1.11. The van der Waals surface area contributed by atoms with Gasteiger partial charge in [0.25, 0.3) is 0 Å². The van der Waals surface area contributed by atoms with E-state index >= 15 is 0 Å². The molecule has 0 fully saturated rings. The Morgan fingerprint density at radius 1 is 1.32 bits per heavy atom. The molecule has 0 aliphatic rings. The van der Waals surface area contributed by atoms with E-state index in [0.29, 0.717) is 12.1 Å². The Balaban J connectivity index is 2.44. The molecule has 1 rings (SSSR count). The van der Waals surface area contributed by atoms with Crippen LogP contribution in [-0.4, -0.2) is 33.2 Å². The van der Waals surface area contributed by atoms with E-state index in [2.05, 4.69) is 10.0 Å². The van der Waals surface area contributed by atoms with Gasteiger partial charge in [0.2, 0.25) is 15.9 Å².